The van der Waals surface area contributed by atoms with Crippen molar-refractivity contribution in [2.45, 2.75) is 148 Å². The molecule has 1 aliphatic carbocycles. The highest BCUT2D eigenvalue weighted by atomic mass is 14.0. The summed E-state index contributed by atoms with van der Waals surface area (Å²) >= 11 is 0. The van der Waals surface area contributed by atoms with Crippen LogP contribution in [0.2, 0.25) is 0 Å². The number of hydrogen-bond acceptors (Lipinski definition) is 0. The van der Waals surface area contributed by atoms with Crippen molar-refractivity contribution in [3.63, 3.8) is 0 Å². The van der Waals surface area contributed by atoms with Gasteiger partial charge in [0.25, 0.3) is 0 Å². The average molecular weight is 336 g/mol. The van der Waals surface area contributed by atoms with Crippen molar-refractivity contribution >= 4 is 0 Å². The Kier molecular flexibility index (Phi) is 17.7. The standard InChI is InChI=1S/C24H47/c1-2-4-6-8-10-12-14-16-18-20-22-24-23-21-19-17-15-13-11-9-7-5-3-1/h1H,2-24H2. The van der Waals surface area contributed by atoms with E-state index in [9.17, 15) is 0 Å². The first-order valence-corrected chi connectivity index (χ1v) is 11.8. The predicted molar refractivity (Wildman–Crippen MR) is 110 cm³/mol. The Labute approximate surface area is 154 Å². The average Bonchev–Trinajstić information content (AvgIpc) is 2.59. The van der Waals surface area contributed by atoms with Gasteiger partial charge in [-0.25, -0.2) is 0 Å². The summed E-state index contributed by atoms with van der Waals surface area (Å²) in [5.41, 5.74) is 0. The Morgan fingerprint density at radius 2 is 0.375 bits per heavy atom. The normalized spacial score (nSPS) is 24.0. The van der Waals surface area contributed by atoms with Crippen molar-refractivity contribution in [2.75, 3.05) is 0 Å². The summed E-state index contributed by atoms with van der Waals surface area (Å²) in [7, 11) is 0. The van der Waals surface area contributed by atoms with Gasteiger partial charge in [-0.2, -0.15) is 0 Å². The van der Waals surface area contributed by atoms with E-state index in [1.54, 1.807) is 0 Å². The molecule has 0 atom stereocenters. The summed E-state index contributed by atoms with van der Waals surface area (Å²) in [6, 6.07) is 0. The molecular weight excluding hydrogens is 288 g/mol. The molecule has 0 unspecified atom stereocenters. The van der Waals surface area contributed by atoms with Crippen LogP contribution in [-0.2, 0) is 0 Å². The summed E-state index contributed by atoms with van der Waals surface area (Å²) in [5, 5.41) is 0. The monoisotopic (exact) mass is 335 g/mol. The van der Waals surface area contributed by atoms with Crippen molar-refractivity contribution in [1.82, 2.24) is 0 Å². The van der Waals surface area contributed by atoms with E-state index in [1.165, 1.54) is 148 Å². The smallest absolute Gasteiger partial charge is 0.0386 e. The second-order valence-corrected chi connectivity index (χ2v) is 8.29. The maximum absolute atomic E-state index is 2.57. The molecular formula is C24H47. The molecule has 0 aromatic carbocycles. The van der Waals surface area contributed by atoms with Gasteiger partial charge in [0.05, 0.1) is 0 Å². The van der Waals surface area contributed by atoms with Gasteiger partial charge < -0.3 is 0 Å². The molecule has 24 heavy (non-hydrogen) atoms. The molecule has 0 heteroatoms. The summed E-state index contributed by atoms with van der Waals surface area (Å²) in [4.78, 5) is 0. The number of rotatable bonds is 0. The van der Waals surface area contributed by atoms with Crippen molar-refractivity contribution in [3.05, 3.63) is 6.42 Å². The topological polar surface area (TPSA) is 0 Å². The first kappa shape index (κ1) is 22.0. The van der Waals surface area contributed by atoms with Gasteiger partial charge in [0.1, 0.15) is 0 Å². The molecule has 1 rings (SSSR count). The third-order valence-electron chi connectivity index (χ3n) is 5.82. The summed E-state index contributed by atoms with van der Waals surface area (Å²) in [6.07, 6.45) is 36.5. The van der Waals surface area contributed by atoms with Crippen LogP contribution in [-0.4, -0.2) is 0 Å². The predicted octanol–water partition coefficient (Wildman–Crippen LogP) is 9.18. The fraction of sp³-hybridized carbons (Fsp3) is 0.958. The quantitative estimate of drug-likeness (QED) is 0.414. The second kappa shape index (κ2) is 19.3. The zero-order chi connectivity index (χ0) is 17.0. The van der Waals surface area contributed by atoms with Crippen LogP contribution in [0.15, 0.2) is 0 Å². The fourth-order valence-corrected chi connectivity index (χ4v) is 4.08. The van der Waals surface area contributed by atoms with Crippen molar-refractivity contribution < 1.29 is 0 Å². The minimum absolute atomic E-state index is 1.38. The van der Waals surface area contributed by atoms with Crippen LogP contribution in [0.3, 0.4) is 0 Å². The van der Waals surface area contributed by atoms with Gasteiger partial charge in [-0.15, -0.1) is 0 Å². The highest BCUT2D eigenvalue weighted by Crippen LogP contribution is 2.16. The second-order valence-electron chi connectivity index (χ2n) is 8.29. The van der Waals surface area contributed by atoms with Gasteiger partial charge in [0.15, 0.2) is 0 Å². The van der Waals surface area contributed by atoms with E-state index in [-0.39, 0.29) is 0 Å². The van der Waals surface area contributed by atoms with E-state index in [4.69, 9.17) is 0 Å². The van der Waals surface area contributed by atoms with Crippen LogP contribution in [0.5, 0.6) is 0 Å². The fourth-order valence-electron chi connectivity index (χ4n) is 4.08. The molecule has 0 saturated heterocycles. The van der Waals surface area contributed by atoms with Crippen LogP contribution in [0.4, 0.5) is 0 Å². The largest absolute Gasteiger partial charge is 0.0533 e. The molecule has 1 radical (unpaired) electrons. The number of hydrogen-bond donors (Lipinski definition) is 0. The van der Waals surface area contributed by atoms with E-state index in [0.717, 1.165) is 0 Å². The SMILES string of the molecule is [CH]1CCCCCCCCCCCCCCCCCCCCCCC1. The molecule has 0 N–H and O–H groups in total. The van der Waals surface area contributed by atoms with Crippen molar-refractivity contribution in [1.29, 1.82) is 0 Å². The van der Waals surface area contributed by atoms with E-state index in [0.29, 0.717) is 0 Å². The van der Waals surface area contributed by atoms with Gasteiger partial charge >= 0.3 is 0 Å². The third-order valence-corrected chi connectivity index (χ3v) is 5.82. The van der Waals surface area contributed by atoms with E-state index in [1.807, 2.05) is 0 Å². The van der Waals surface area contributed by atoms with E-state index >= 15 is 0 Å². The zero-order valence-electron chi connectivity index (χ0n) is 16.8. The third kappa shape index (κ3) is 16.8. The van der Waals surface area contributed by atoms with E-state index < -0.39 is 0 Å². The first-order chi connectivity index (χ1) is 12.0. The lowest BCUT2D eigenvalue weighted by molar-refractivity contribution is 0.516. The summed E-state index contributed by atoms with van der Waals surface area (Å²) < 4.78 is 0. The summed E-state index contributed by atoms with van der Waals surface area (Å²) in [5.74, 6) is 0. The minimum atomic E-state index is 1.38. The van der Waals surface area contributed by atoms with Crippen LogP contribution in [0.25, 0.3) is 0 Å². The van der Waals surface area contributed by atoms with Gasteiger partial charge in [0, 0.05) is 0 Å². The molecule has 0 aliphatic heterocycles. The Balaban J connectivity index is 2.00. The van der Waals surface area contributed by atoms with E-state index in [2.05, 4.69) is 6.42 Å². The molecule has 0 heterocycles. The van der Waals surface area contributed by atoms with Crippen LogP contribution in [0.1, 0.15) is 148 Å². The first-order valence-electron chi connectivity index (χ1n) is 11.8. The Morgan fingerprint density at radius 3 is 0.583 bits per heavy atom. The summed E-state index contributed by atoms with van der Waals surface area (Å²) in [6.45, 7) is 0. The molecule has 0 aromatic rings. The maximum Gasteiger partial charge on any atom is -0.0386 e. The molecule has 1 saturated carbocycles. The van der Waals surface area contributed by atoms with Gasteiger partial charge in [0.2, 0.25) is 0 Å². The Hall–Kier alpha value is 0. The van der Waals surface area contributed by atoms with Crippen LogP contribution >= 0.6 is 0 Å². The molecule has 143 valence electrons. The van der Waals surface area contributed by atoms with Crippen LogP contribution < -0.4 is 0 Å². The highest BCUT2D eigenvalue weighted by molar-refractivity contribution is 4.64. The van der Waals surface area contributed by atoms with Gasteiger partial charge in [-0.05, 0) is 6.42 Å². The molecule has 0 spiro atoms. The Morgan fingerprint density at radius 1 is 0.208 bits per heavy atom. The maximum atomic E-state index is 2.57. The van der Waals surface area contributed by atoms with Crippen molar-refractivity contribution in [2.24, 2.45) is 0 Å². The molecule has 0 nitrogen and oxygen atoms in total. The minimum Gasteiger partial charge on any atom is -0.0533 e. The van der Waals surface area contributed by atoms with Crippen molar-refractivity contribution in [3.8, 4) is 0 Å². The molecule has 0 bridgehead atoms. The zero-order valence-corrected chi connectivity index (χ0v) is 16.8. The Bertz CT molecular complexity index is 110. The lowest BCUT2D eigenvalue weighted by atomic mass is 10.0. The highest BCUT2D eigenvalue weighted by Gasteiger charge is 1.97. The van der Waals surface area contributed by atoms with Crippen LogP contribution in [0, 0.1) is 6.42 Å². The lowest BCUT2D eigenvalue weighted by Gasteiger charge is -2.05. The van der Waals surface area contributed by atoms with Gasteiger partial charge in [-0.1, -0.05) is 148 Å². The molecule has 0 amide bonds. The molecule has 0 aromatic heterocycles. The van der Waals surface area contributed by atoms with Gasteiger partial charge in [-0.3, -0.25) is 0 Å². The lowest BCUT2D eigenvalue weighted by Crippen LogP contribution is -1.86. The molecule has 1 fully saturated rings. The molecule has 1 aliphatic rings.